The fourth-order valence-corrected chi connectivity index (χ4v) is 5.88. The van der Waals surface area contributed by atoms with Gasteiger partial charge < -0.3 is 14.8 Å². The number of carbonyl (C=O) groups excluding carboxylic acids is 2. The zero-order valence-corrected chi connectivity index (χ0v) is 20.6. The number of esters is 1. The number of ether oxygens (including phenoxy) is 2. The first kappa shape index (κ1) is 25.2. The van der Waals surface area contributed by atoms with Crippen molar-refractivity contribution in [2.24, 2.45) is 0 Å². The van der Waals surface area contributed by atoms with E-state index in [1.807, 2.05) is 24.3 Å². The summed E-state index contributed by atoms with van der Waals surface area (Å²) in [6, 6.07) is 16.5. The lowest BCUT2D eigenvalue weighted by atomic mass is 9.79. The zero-order valence-electron chi connectivity index (χ0n) is 19.8. The van der Waals surface area contributed by atoms with Crippen LogP contribution < -0.4 is 5.32 Å². The van der Waals surface area contributed by atoms with E-state index in [2.05, 4.69) is 16.3 Å². The number of nitrogens with one attached hydrogen (secondary N) is 1. The van der Waals surface area contributed by atoms with E-state index < -0.39 is 5.97 Å². The summed E-state index contributed by atoms with van der Waals surface area (Å²) in [4.78, 5) is 29.4. The number of hydrogen-bond donors (Lipinski definition) is 1. The molecule has 1 saturated carbocycles. The third-order valence-electron chi connectivity index (χ3n) is 6.75. The largest absolute Gasteiger partial charge is 0.452 e. The van der Waals surface area contributed by atoms with Gasteiger partial charge in [0.2, 0.25) is 0 Å². The zero-order chi connectivity index (χ0) is 24.5. The van der Waals surface area contributed by atoms with Gasteiger partial charge in [-0.1, -0.05) is 55.3 Å². The summed E-state index contributed by atoms with van der Waals surface area (Å²) in [5.41, 5.74) is 0.867. The molecule has 35 heavy (non-hydrogen) atoms. The Kier molecular flexibility index (Phi) is 8.80. The average molecular weight is 494 g/mol. The molecule has 1 heterocycles. The number of nitrogens with zero attached hydrogens (tertiary/aromatic N) is 2. The second-order valence-corrected chi connectivity index (χ2v) is 10.0. The highest BCUT2D eigenvalue weighted by molar-refractivity contribution is 7.99. The van der Waals surface area contributed by atoms with Crippen molar-refractivity contribution < 1.29 is 19.1 Å². The van der Waals surface area contributed by atoms with E-state index in [0.717, 1.165) is 56.9 Å². The molecule has 1 aliphatic carbocycles. The van der Waals surface area contributed by atoms with Crippen molar-refractivity contribution in [3.8, 4) is 6.07 Å². The molecule has 1 N–H and O–H groups in total. The first-order chi connectivity index (χ1) is 17.1. The molecule has 2 aromatic rings. The third-order valence-corrected chi connectivity index (χ3v) is 7.90. The van der Waals surface area contributed by atoms with Crippen molar-refractivity contribution in [3.05, 3.63) is 59.7 Å². The van der Waals surface area contributed by atoms with Crippen molar-refractivity contribution >= 4 is 23.6 Å². The fraction of sp³-hybridized carbons (Fsp3) is 0.444. The van der Waals surface area contributed by atoms with Crippen LogP contribution in [0.25, 0.3) is 0 Å². The molecule has 1 amide bonds. The Morgan fingerprint density at radius 1 is 1.03 bits per heavy atom. The maximum Gasteiger partial charge on any atom is 0.339 e. The van der Waals surface area contributed by atoms with Crippen LogP contribution in [0.5, 0.6) is 0 Å². The Labute approximate surface area is 210 Å². The van der Waals surface area contributed by atoms with Gasteiger partial charge in [-0.25, -0.2) is 4.79 Å². The lowest BCUT2D eigenvalue weighted by molar-refractivity contribution is -0.125. The van der Waals surface area contributed by atoms with Crippen LogP contribution >= 0.6 is 11.8 Å². The number of morpholine rings is 1. The van der Waals surface area contributed by atoms with Crippen molar-refractivity contribution in [2.75, 3.05) is 39.5 Å². The molecule has 0 radical (unpaired) electrons. The summed E-state index contributed by atoms with van der Waals surface area (Å²) in [6.45, 7) is 3.45. The van der Waals surface area contributed by atoms with Crippen molar-refractivity contribution in [1.82, 2.24) is 10.2 Å². The molecule has 2 fully saturated rings. The quantitative estimate of drug-likeness (QED) is 0.556. The van der Waals surface area contributed by atoms with E-state index in [-0.39, 0.29) is 18.1 Å². The van der Waals surface area contributed by atoms with E-state index in [1.165, 1.54) is 18.2 Å². The van der Waals surface area contributed by atoms with Crippen LogP contribution in [-0.2, 0) is 14.3 Å². The summed E-state index contributed by atoms with van der Waals surface area (Å²) in [5.74, 6) is -0.852. The Bertz CT molecular complexity index is 1070. The van der Waals surface area contributed by atoms with Gasteiger partial charge in [0.15, 0.2) is 6.61 Å². The molecule has 2 aliphatic rings. The van der Waals surface area contributed by atoms with Gasteiger partial charge in [-0.15, -0.1) is 0 Å². The van der Waals surface area contributed by atoms with E-state index >= 15 is 0 Å². The topological polar surface area (TPSA) is 91.7 Å². The van der Waals surface area contributed by atoms with Gasteiger partial charge in [0.25, 0.3) is 5.91 Å². The number of rotatable bonds is 8. The smallest absolute Gasteiger partial charge is 0.339 e. The first-order valence-corrected chi connectivity index (χ1v) is 13.0. The minimum atomic E-state index is -0.557. The van der Waals surface area contributed by atoms with Crippen LogP contribution in [0.15, 0.2) is 58.3 Å². The van der Waals surface area contributed by atoms with Crippen molar-refractivity contribution in [2.45, 2.75) is 47.4 Å². The number of benzene rings is 2. The molecule has 4 rings (SSSR count). The van der Waals surface area contributed by atoms with Crippen LogP contribution in [0.2, 0.25) is 0 Å². The molecule has 1 saturated heterocycles. The van der Waals surface area contributed by atoms with Crippen LogP contribution in [0.1, 0.15) is 48.0 Å². The molecule has 184 valence electrons. The third kappa shape index (κ3) is 6.43. The first-order valence-electron chi connectivity index (χ1n) is 12.1. The maximum atomic E-state index is 12.8. The molecule has 0 spiro atoms. The second kappa shape index (κ2) is 12.2. The summed E-state index contributed by atoms with van der Waals surface area (Å²) < 4.78 is 10.9. The summed E-state index contributed by atoms with van der Waals surface area (Å²) in [5, 5.41) is 12.4. The Morgan fingerprint density at radius 3 is 2.46 bits per heavy atom. The van der Waals surface area contributed by atoms with Crippen LogP contribution in [0.3, 0.4) is 0 Å². The fourth-order valence-electron chi connectivity index (χ4n) is 4.87. The Morgan fingerprint density at radius 2 is 1.71 bits per heavy atom. The SMILES string of the molecule is N#Cc1ccccc1Sc1ccccc1C(=O)OCC(=O)NCC1(N2CCOCC2)CCCCC1. The summed E-state index contributed by atoms with van der Waals surface area (Å²) >= 11 is 1.33. The Hall–Kier alpha value is -2.86. The molecule has 2 aromatic carbocycles. The number of hydrogen-bond acceptors (Lipinski definition) is 7. The predicted octanol–water partition coefficient (Wildman–Crippen LogP) is 4.02. The number of amides is 1. The van der Waals surface area contributed by atoms with Gasteiger partial charge >= 0.3 is 5.97 Å². The Balaban J connectivity index is 1.35. The summed E-state index contributed by atoms with van der Waals surface area (Å²) in [6.07, 6.45) is 5.66. The number of carbonyl (C=O) groups is 2. The average Bonchev–Trinajstić information content (AvgIpc) is 2.92. The predicted molar refractivity (Wildman–Crippen MR) is 133 cm³/mol. The molecule has 8 heteroatoms. The second-order valence-electron chi connectivity index (χ2n) is 8.94. The minimum Gasteiger partial charge on any atom is -0.452 e. The molecular formula is C27H31N3O4S. The highest BCUT2D eigenvalue weighted by Gasteiger charge is 2.38. The molecule has 1 aliphatic heterocycles. The van der Waals surface area contributed by atoms with Crippen LogP contribution in [-0.4, -0.2) is 61.8 Å². The van der Waals surface area contributed by atoms with Gasteiger partial charge in [0.1, 0.15) is 6.07 Å². The molecular weight excluding hydrogens is 462 g/mol. The van der Waals surface area contributed by atoms with E-state index in [1.54, 1.807) is 24.3 Å². The van der Waals surface area contributed by atoms with Gasteiger partial charge in [-0.3, -0.25) is 9.69 Å². The lowest BCUT2D eigenvalue weighted by Crippen LogP contribution is -2.59. The molecule has 0 bridgehead atoms. The highest BCUT2D eigenvalue weighted by atomic mass is 32.2. The normalized spacial score (nSPS) is 17.8. The van der Waals surface area contributed by atoms with Gasteiger partial charge in [-0.2, -0.15) is 5.26 Å². The molecule has 0 atom stereocenters. The van der Waals surface area contributed by atoms with E-state index in [9.17, 15) is 14.9 Å². The van der Waals surface area contributed by atoms with E-state index in [0.29, 0.717) is 22.6 Å². The van der Waals surface area contributed by atoms with Crippen molar-refractivity contribution in [1.29, 1.82) is 5.26 Å². The van der Waals surface area contributed by atoms with Gasteiger partial charge in [0.05, 0.1) is 24.3 Å². The monoisotopic (exact) mass is 493 g/mol. The molecule has 7 nitrogen and oxygen atoms in total. The highest BCUT2D eigenvalue weighted by Crippen LogP contribution is 2.34. The maximum absolute atomic E-state index is 12.8. The minimum absolute atomic E-state index is 0.0426. The molecule has 0 aromatic heterocycles. The van der Waals surface area contributed by atoms with Gasteiger partial charge in [0, 0.05) is 35.0 Å². The van der Waals surface area contributed by atoms with Crippen molar-refractivity contribution in [3.63, 3.8) is 0 Å². The van der Waals surface area contributed by atoms with Crippen LogP contribution in [0, 0.1) is 11.3 Å². The number of nitriles is 1. The standard InChI is InChI=1S/C27H31N3O4S/c28-18-21-8-2-4-10-23(21)35-24-11-5-3-9-22(24)26(32)34-19-25(31)29-20-27(12-6-1-7-13-27)30-14-16-33-17-15-30/h2-5,8-11H,1,6-7,12-17,19-20H2,(H,29,31). The lowest BCUT2D eigenvalue weighted by Gasteiger charge is -2.48. The van der Waals surface area contributed by atoms with Crippen LogP contribution in [0.4, 0.5) is 0 Å². The van der Waals surface area contributed by atoms with E-state index in [4.69, 9.17) is 9.47 Å². The molecule has 0 unspecified atom stereocenters. The van der Waals surface area contributed by atoms with Gasteiger partial charge in [-0.05, 0) is 37.1 Å². The summed E-state index contributed by atoms with van der Waals surface area (Å²) in [7, 11) is 0.